The molecule has 10 nitrogen and oxygen atoms in total. The Hall–Kier alpha value is -2.82. The summed E-state index contributed by atoms with van der Waals surface area (Å²) in [5.41, 5.74) is 4.53. The van der Waals surface area contributed by atoms with Crippen LogP contribution in [0.4, 0.5) is 28.8 Å². The quantitative estimate of drug-likeness (QED) is 0.206. The van der Waals surface area contributed by atoms with Gasteiger partial charge in [0.25, 0.3) is 0 Å². The fraction of sp³-hybridized carbons (Fsp3) is 0.419. The van der Waals surface area contributed by atoms with Crippen LogP contribution in [-0.4, -0.2) is 103 Å². The van der Waals surface area contributed by atoms with Crippen LogP contribution in [0, 0.1) is 0 Å². The Morgan fingerprint density at radius 3 is 2.48 bits per heavy atom. The second-order valence-electron chi connectivity index (χ2n) is 11.7. The number of anilines is 5. The van der Waals surface area contributed by atoms with Crippen molar-refractivity contribution in [2.45, 2.75) is 24.9 Å². The topological polar surface area (TPSA) is 94.6 Å². The van der Waals surface area contributed by atoms with Gasteiger partial charge in [-0.2, -0.15) is 4.98 Å². The molecule has 0 amide bonds. The van der Waals surface area contributed by atoms with Crippen molar-refractivity contribution in [3.05, 3.63) is 52.4 Å². The molecule has 2 saturated heterocycles. The molecule has 2 aromatic heterocycles. The van der Waals surface area contributed by atoms with Crippen LogP contribution in [0.15, 0.2) is 47.3 Å². The molecule has 0 bridgehead atoms. The Balaban J connectivity index is 1.18. The highest BCUT2D eigenvalue weighted by molar-refractivity contribution is 9.10. The van der Waals surface area contributed by atoms with E-state index in [2.05, 4.69) is 89.7 Å². The van der Waals surface area contributed by atoms with Crippen LogP contribution in [0.5, 0.6) is 5.75 Å². The predicted octanol–water partition coefficient (Wildman–Crippen LogP) is 5.91. The monoisotopic (exact) mass is 697 g/mol. The average molecular weight is 699 g/mol. The maximum absolute atomic E-state index is 6.57. The minimum atomic E-state index is -0.494. The highest BCUT2D eigenvalue weighted by atomic mass is 79.9. The number of likely N-dealkylation sites (tertiary alicyclic amines) is 1. The van der Waals surface area contributed by atoms with E-state index in [4.69, 9.17) is 21.3 Å². The van der Waals surface area contributed by atoms with Gasteiger partial charge < -0.3 is 25.2 Å². The molecule has 0 saturated carbocycles. The number of aromatic nitrogens is 4. The number of likely N-dealkylation sites (N-methyl/N-ethyl adjacent to an activating group) is 1. The summed E-state index contributed by atoms with van der Waals surface area (Å²) in [6.45, 7) is 8.77. The van der Waals surface area contributed by atoms with Crippen LogP contribution in [0.1, 0.15) is 12.8 Å². The van der Waals surface area contributed by atoms with Gasteiger partial charge in [0.05, 0.1) is 35.7 Å². The van der Waals surface area contributed by atoms with Gasteiger partial charge in [-0.05, 0) is 74.4 Å². The Morgan fingerprint density at radius 1 is 1.02 bits per heavy atom. The highest BCUT2D eigenvalue weighted by Crippen LogP contribution is 2.40. The second-order valence-corrected chi connectivity index (χ2v) is 15.2. The zero-order valence-electron chi connectivity index (χ0n) is 25.7. The first-order valence-corrected chi connectivity index (χ1v) is 18.1. The molecule has 4 aromatic rings. The van der Waals surface area contributed by atoms with Gasteiger partial charge in [-0.15, -0.1) is 0 Å². The number of piperidine rings is 1. The third-order valence-corrected chi connectivity index (χ3v) is 10.8. The van der Waals surface area contributed by atoms with Crippen LogP contribution in [-0.2, 0) is 0 Å². The molecule has 2 N–H and O–H groups in total. The van der Waals surface area contributed by atoms with E-state index in [-0.39, 0.29) is 0 Å². The van der Waals surface area contributed by atoms with Crippen molar-refractivity contribution in [1.82, 2.24) is 29.7 Å². The lowest BCUT2D eigenvalue weighted by Gasteiger charge is -2.49. The third-order valence-electron chi connectivity index (χ3n) is 8.52. The first-order valence-electron chi connectivity index (χ1n) is 14.7. The van der Waals surface area contributed by atoms with Gasteiger partial charge in [-0.3, -0.25) is 14.9 Å². The molecule has 2 aromatic carbocycles. The predicted molar refractivity (Wildman–Crippen MR) is 187 cm³/mol. The zero-order chi connectivity index (χ0) is 31.0. The Labute approximate surface area is 273 Å². The molecule has 0 spiro atoms. The smallest absolute Gasteiger partial charge is 0.229 e. The molecular weight excluding hydrogens is 661 g/mol. The van der Waals surface area contributed by atoms with Gasteiger partial charge in [0.1, 0.15) is 10.8 Å². The summed E-state index contributed by atoms with van der Waals surface area (Å²) in [5, 5.41) is 8.30. The first kappa shape index (κ1) is 31.2. The van der Waals surface area contributed by atoms with E-state index < -0.39 is 7.92 Å². The molecule has 6 rings (SSSR count). The van der Waals surface area contributed by atoms with Gasteiger partial charge in [-0.1, -0.05) is 19.5 Å². The number of fused-ring (bicyclic) bond motifs is 1. The lowest BCUT2D eigenvalue weighted by atomic mass is 9.96. The largest absolute Gasteiger partial charge is 0.494 e. The van der Waals surface area contributed by atoms with E-state index in [1.54, 1.807) is 25.7 Å². The van der Waals surface area contributed by atoms with Crippen LogP contribution in [0.2, 0.25) is 5.02 Å². The van der Waals surface area contributed by atoms with Gasteiger partial charge in [0.15, 0.2) is 5.82 Å². The lowest BCUT2D eigenvalue weighted by molar-refractivity contribution is 0.0188. The number of rotatable bonds is 9. The lowest BCUT2D eigenvalue weighted by Crippen LogP contribution is -2.62. The summed E-state index contributed by atoms with van der Waals surface area (Å²) < 4.78 is 6.82. The fourth-order valence-electron chi connectivity index (χ4n) is 5.97. The third kappa shape index (κ3) is 6.44. The molecule has 0 radical (unpaired) electrons. The minimum absolute atomic E-state index is 0.402. The maximum Gasteiger partial charge on any atom is 0.229 e. The van der Waals surface area contributed by atoms with Crippen molar-refractivity contribution < 1.29 is 4.74 Å². The molecule has 13 heteroatoms. The molecule has 0 unspecified atom stereocenters. The maximum atomic E-state index is 6.57. The van der Waals surface area contributed by atoms with Crippen LogP contribution >= 0.6 is 35.5 Å². The molecule has 232 valence electrons. The standard InChI is InChI=1S/C31H38BrClN9OP/c1-40(2)20-17-42(18-20)19-8-12-41(13-9-19)26-15-27(43-3)25(14-21(26)32)38-31-36-16-22(33)30(39-31)37-24-7-6-23-28(29(24)44(4)5)35-11-10-34-23/h6-7,10-11,14-16,19-20H,8-9,12-13,17-18H2,1-5H3,(H2,36,37,38,39). The number of nitrogens with zero attached hydrogens (tertiary/aromatic N) is 7. The summed E-state index contributed by atoms with van der Waals surface area (Å²) in [6, 6.07) is 9.43. The van der Waals surface area contributed by atoms with E-state index in [1.807, 2.05) is 18.2 Å². The summed E-state index contributed by atoms with van der Waals surface area (Å²) in [6.07, 6.45) is 7.35. The minimum Gasteiger partial charge on any atom is -0.494 e. The van der Waals surface area contributed by atoms with E-state index in [0.717, 1.165) is 63.8 Å². The van der Waals surface area contributed by atoms with Crippen molar-refractivity contribution in [3.8, 4) is 5.75 Å². The molecule has 2 aliphatic rings. The SMILES string of the molecule is COc1cc(N2CCC(N3CC(N(C)C)C3)CC2)c(Br)cc1Nc1ncc(Cl)c(Nc2ccc3nccnc3c2P(C)C)n1. The van der Waals surface area contributed by atoms with E-state index in [1.165, 1.54) is 13.1 Å². The summed E-state index contributed by atoms with van der Waals surface area (Å²) in [7, 11) is 5.54. The van der Waals surface area contributed by atoms with Crippen molar-refractivity contribution >= 4 is 80.6 Å². The zero-order valence-corrected chi connectivity index (χ0v) is 28.9. The molecular formula is C31H38BrClN9OP. The first-order chi connectivity index (χ1) is 21.2. The Bertz CT molecular complexity index is 1640. The molecule has 0 atom stereocenters. The molecule has 4 heterocycles. The average Bonchev–Trinajstić information content (AvgIpc) is 2.98. The number of benzene rings is 2. The normalized spacial score (nSPS) is 16.5. The number of ether oxygens (including phenoxy) is 1. The van der Waals surface area contributed by atoms with Gasteiger partial charge >= 0.3 is 0 Å². The number of nitrogens with one attached hydrogen (secondary N) is 2. The molecule has 2 fully saturated rings. The molecule has 44 heavy (non-hydrogen) atoms. The Kier molecular flexibility index (Phi) is 9.40. The van der Waals surface area contributed by atoms with Gasteiger partial charge in [-0.25, -0.2) is 4.98 Å². The summed E-state index contributed by atoms with van der Waals surface area (Å²) in [5.74, 6) is 1.62. The Morgan fingerprint density at radius 2 is 1.77 bits per heavy atom. The molecule has 0 aliphatic carbocycles. The van der Waals surface area contributed by atoms with Crippen LogP contribution < -0.4 is 25.6 Å². The van der Waals surface area contributed by atoms with Crippen LogP contribution in [0.3, 0.4) is 0 Å². The van der Waals surface area contributed by atoms with E-state index >= 15 is 0 Å². The van der Waals surface area contributed by atoms with Gasteiger partial charge in [0, 0.05) is 72.2 Å². The highest BCUT2D eigenvalue weighted by Gasteiger charge is 2.35. The van der Waals surface area contributed by atoms with Gasteiger partial charge in [0.2, 0.25) is 5.95 Å². The number of halogens is 2. The van der Waals surface area contributed by atoms with Crippen molar-refractivity contribution in [1.29, 1.82) is 0 Å². The summed E-state index contributed by atoms with van der Waals surface area (Å²) >= 11 is 10.4. The fourth-order valence-corrected chi connectivity index (χ4v) is 7.92. The number of methoxy groups -OCH3 is 1. The number of hydrogen-bond acceptors (Lipinski definition) is 10. The second kappa shape index (κ2) is 13.3. The van der Waals surface area contributed by atoms with Crippen LogP contribution in [0.25, 0.3) is 11.0 Å². The summed E-state index contributed by atoms with van der Waals surface area (Å²) in [4.78, 5) is 25.7. The van der Waals surface area contributed by atoms with Crippen molar-refractivity contribution in [2.75, 3.05) is 76.2 Å². The van der Waals surface area contributed by atoms with Crippen molar-refractivity contribution in [3.63, 3.8) is 0 Å². The van der Waals surface area contributed by atoms with E-state index in [9.17, 15) is 0 Å². The molecule has 2 aliphatic heterocycles. The van der Waals surface area contributed by atoms with E-state index in [0.29, 0.717) is 34.6 Å². The van der Waals surface area contributed by atoms with Crippen molar-refractivity contribution in [2.24, 2.45) is 0 Å². The number of hydrogen-bond donors (Lipinski definition) is 2.